The Morgan fingerprint density at radius 3 is 1.26 bits per heavy atom. The average molecular weight is 477 g/mol. The highest BCUT2D eigenvalue weighted by Crippen LogP contribution is 2.12. The Morgan fingerprint density at radius 2 is 0.941 bits per heavy atom. The van der Waals surface area contributed by atoms with Gasteiger partial charge in [-0.15, -0.1) is 0 Å². The lowest BCUT2D eigenvalue weighted by Gasteiger charge is -2.10. The van der Waals surface area contributed by atoms with E-state index in [1.54, 1.807) is 13.8 Å². The van der Waals surface area contributed by atoms with Crippen LogP contribution in [0.2, 0.25) is 0 Å². The topological polar surface area (TPSA) is 153 Å². The van der Waals surface area contributed by atoms with Gasteiger partial charge in [-0.05, 0) is 26.7 Å². The van der Waals surface area contributed by atoms with Crippen molar-refractivity contribution >= 4 is 11.4 Å². The van der Waals surface area contributed by atoms with E-state index in [4.69, 9.17) is 0 Å². The largest absolute Gasteiger partial charge is 0.494 e. The smallest absolute Gasteiger partial charge is 0.333 e. The monoisotopic (exact) mass is 476 g/mol. The van der Waals surface area contributed by atoms with Crippen LogP contribution in [0, 0.1) is 0 Å². The summed E-state index contributed by atoms with van der Waals surface area (Å²) in [5.41, 5.74) is -1.62. The fraction of sp³-hybridized carbons (Fsp3) is 0.545. The first-order valence-corrected chi connectivity index (χ1v) is 10.9. The van der Waals surface area contributed by atoms with Gasteiger partial charge >= 0.3 is 11.4 Å². The molecule has 0 aliphatic carbocycles. The number of aromatic hydroxyl groups is 2. The van der Waals surface area contributed by atoms with Crippen molar-refractivity contribution in [1.82, 2.24) is 18.3 Å². The number of aromatic nitrogens is 4. The number of rotatable bonds is 9. The van der Waals surface area contributed by atoms with Crippen LogP contribution in [0.5, 0.6) is 11.8 Å². The highest BCUT2D eigenvalue weighted by molar-refractivity contribution is 6.00. The zero-order valence-electron chi connectivity index (χ0n) is 20.5. The molecule has 0 saturated heterocycles. The molecule has 0 fully saturated rings. The first kappa shape index (κ1) is 26.6. The van der Waals surface area contributed by atoms with Gasteiger partial charge in [-0.2, -0.15) is 0 Å². The second-order valence-corrected chi connectivity index (χ2v) is 8.16. The van der Waals surface area contributed by atoms with Gasteiger partial charge in [0.25, 0.3) is 11.1 Å². The van der Waals surface area contributed by atoms with Crippen molar-refractivity contribution in [2.45, 2.75) is 39.5 Å². The Hall–Kier alpha value is -3.70. The maximum absolute atomic E-state index is 12.3. The molecule has 0 bridgehead atoms. The summed E-state index contributed by atoms with van der Waals surface area (Å²) in [5, 5.41) is 20.3. The molecule has 0 aliphatic rings. The van der Waals surface area contributed by atoms with Gasteiger partial charge in [-0.3, -0.25) is 37.8 Å². The van der Waals surface area contributed by atoms with Crippen molar-refractivity contribution in [2.75, 3.05) is 13.1 Å². The summed E-state index contributed by atoms with van der Waals surface area (Å²) in [6.07, 6.45) is 3.23. The van der Waals surface area contributed by atoms with Crippen LogP contribution in [0.1, 0.15) is 50.7 Å². The maximum Gasteiger partial charge on any atom is 0.333 e. The van der Waals surface area contributed by atoms with E-state index < -0.39 is 34.3 Å². The van der Waals surface area contributed by atoms with Crippen LogP contribution in [0.3, 0.4) is 0 Å². The van der Waals surface area contributed by atoms with E-state index >= 15 is 0 Å². The Labute approximate surface area is 195 Å². The Kier molecular flexibility index (Phi) is 8.55. The Bertz CT molecular complexity index is 1270. The number of unbranched alkanes of at least 4 members (excludes halogenated alkanes) is 3. The molecule has 0 atom stereocenters. The fourth-order valence-electron chi connectivity index (χ4n) is 3.53. The SMILES string of the molecule is CC(=NCCCCCCN=C(C)c1c(O)n(C)c(=O)n(C)c1=O)c1c(O)n(C)c(=O)n(C)c1=O. The fourth-order valence-corrected chi connectivity index (χ4v) is 3.53. The number of nitrogens with zero attached hydrogens (tertiary/aromatic N) is 6. The lowest BCUT2D eigenvalue weighted by molar-refractivity contribution is 0.409. The summed E-state index contributed by atoms with van der Waals surface area (Å²) in [6.45, 7) is 4.16. The summed E-state index contributed by atoms with van der Waals surface area (Å²) < 4.78 is 3.87. The van der Waals surface area contributed by atoms with Gasteiger partial charge in [-0.25, -0.2) is 9.59 Å². The summed E-state index contributed by atoms with van der Waals surface area (Å²) in [4.78, 5) is 57.0. The molecule has 0 amide bonds. The van der Waals surface area contributed by atoms with E-state index in [9.17, 15) is 29.4 Å². The van der Waals surface area contributed by atoms with Gasteiger partial charge in [0.2, 0.25) is 11.8 Å². The first-order valence-electron chi connectivity index (χ1n) is 10.9. The van der Waals surface area contributed by atoms with Crippen molar-refractivity contribution in [3.8, 4) is 11.8 Å². The highest BCUT2D eigenvalue weighted by atomic mass is 16.3. The number of aliphatic imine (C=N–C) groups is 2. The van der Waals surface area contributed by atoms with Crippen LogP contribution in [0.15, 0.2) is 29.2 Å². The van der Waals surface area contributed by atoms with E-state index in [2.05, 4.69) is 9.98 Å². The lowest BCUT2D eigenvalue weighted by atomic mass is 10.1. The molecule has 186 valence electrons. The molecule has 0 spiro atoms. The Balaban J connectivity index is 1.91. The molecule has 0 aliphatic heterocycles. The molecule has 2 heterocycles. The standard InChI is InChI=1S/C22H32N6O6/c1-13(15-17(29)25(3)21(33)26(4)18(15)30)23-11-9-7-8-10-12-24-14(2)16-19(31)27(5)22(34)28(6)20(16)32/h29,31H,7-12H2,1-6H3. The number of hydrogen-bond donors (Lipinski definition) is 2. The molecule has 34 heavy (non-hydrogen) atoms. The molecule has 0 unspecified atom stereocenters. The van der Waals surface area contributed by atoms with E-state index in [-0.39, 0.29) is 11.1 Å². The van der Waals surface area contributed by atoms with E-state index in [1.807, 2.05) is 0 Å². The molecule has 12 heteroatoms. The minimum atomic E-state index is -0.608. The summed E-state index contributed by atoms with van der Waals surface area (Å²) in [6, 6.07) is 0. The van der Waals surface area contributed by atoms with E-state index in [0.29, 0.717) is 24.5 Å². The molecular weight excluding hydrogens is 444 g/mol. The van der Waals surface area contributed by atoms with Crippen molar-refractivity contribution in [3.05, 3.63) is 52.8 Å². The predicted octanol–water partition coefficient (Wildman–Crippen LogP) is -0.229. The van der Waals surface area contributed by atoms with Crippen LogP contribution < -0.4 is 22.5 Å². The minimum Gasteiger partial charge on any atom is -0.494 e. The van der Waals surface area contributed by atoms with Crippen molar-refractivity contribution in [1.29, 1.82) is 0 Å². The molecular formula is C22H32N6O6. The van der Waals surface area contributed by atoms with Gasteiger partial charge in [-0.1, -0.05) is 12.8 Å². The second-order valence-electron chi connectivity index (χ2n) is 8.16. The highest BCUT2D eigenvalue weighted by Gasteiger charge is 2.18. The third-order valence-electron chi connectivity index (χ3n) is 5.76. The molecule has 2 aromatic heterocycles. The Morgan fingerprint density at radius 1 is 0.618 bits per heavy atom. The second kappa shape index (κ2) is 10.9. The summed E-state index contributed by atoms with van der Waals surface area (Å²) in [5.74, 6) is -0.802. The molecule has 2 rings (SSSR count). The van der Waals surface area contributed by atoms with Crippen LogP contribution in [0.25, 0.3) is 0 Å². The minimum absolute atomic E-state index is 0.0159. The third kappa shape index (κ3) is 5.26. The summed E-state index contributed by atoms with van der Waals surface area (Å²) >= 11 is 0. The molecule has 0 saturated carbocycles. The maximum atomic E-state index is 12.3. The third-order valence-corrected chi connectivity index (χ3v) is 5.76. The molecule has 2 aromatic rings. The van der Waals surface area contributed by atoms with Crippen molar-refractivity contribution in [2.24, 2.45) is 38.2 Å². The van der Waals surface area contributed by atoms with Crippen molar-refractivity contribution < 1.29 is 10.2 Å². The molecule has 2 N–H and O–H groups in total. The van der Waals surface area contributed by atoms with Gasteiger partial charge in [0, 0.05) is 52.7 Å². The van der Waals surface area contributed by atoms with Crippen LogP contribution in [0.4, 0.5) is 0 Å². The number of hydrogen-bond acceptors (Lipinski definition) is 8. The molecule has 0 radical (unpaired) electrons. The van der Waals surface area contributed by atoms with E-state index in [1.165, 1.54) is 28.2 Å². The zero-order chi connectivity index (χ0) is 25.7. The van der Waals surface area contributed by atoms with Crippen LogP contribution in [-0.2, 0) is 28.2 Å². The molecule has 0 aromatic carbocycles. The van der Waals surface area contributed by atoms with E-state index in [0.717, 1.165) is 44.0 Å². The first-order chi connectivity index (χ1) is 15.9. The quantitative estimate of drug-likeness (QED) is 0.377. The summed E-state index contributed by atoms with van der Waals surface area (Å²) in [7, 11) is 5.47. The molecule has 12 nitrogen and oxygen atoms in total. The van der Waals surface area contributed by atoms with Gasteiger partial charge in [0.05, 0.1) is 0 Å². The average Bonchev–Trinajstić information content (AvgIpc) is 2.80. The van der Waals surface area contributed by atoms with Crippen LogP contribution in [-0.4, -0.2) is 53.0 Å². The van der Waals surface area contributed by atoms with Gasteiger partial charge in [0.15, 0.2) is 0 Å². The predicted molar refractivity (Wildman–Crippen MR) is 130 cm³/mol. The van der Waals surface area contributed by atoms with Gasteiger partial charge < -0.3 is 10.2 Å². The zero-order valence-corrected chi connectivity index (χ0v) is 20.5. The normalized spacial score (nSPS) is 12.4. The lowest BCUT2D eigenvalue weighted by Crippen LogP contribution is -2.39. The van der Waals surface area contributed by atoms with Crippen molar-refractivity contribution in [3.63, 3.8) is 0 Å². The van der Waals surface area contributed by atoms with Gasteiger partial charge in [0.1, 0.15) is 11.1 Å². The van der Waals surface area contributed by atoms with Crippen LogP contribution >= 0.6 is 0 Å².